The summed E-state index contributed by atoms with van der Waals surface area (Å²) >= 11 is 0. The standard InChI is InChI=1S/C16H21N5O3/c1-24-15-5-3-2-4-13(15)14-12-17-7-9-19(14)10-11-20-8-6-16(18-20)21(22)23/h2-6,8,14,17H,7,9-12H2,1H3. The molecule has 1 aromatic carbocycles. The predicted octanol–water partition coefficient (Wildman–Crippen LogP) is 1.45. The molecule has 0 saturated carbocycles. The van der Waals surface area contributed by atoms with E-state index in [-0.39, 0.29) is 11.9 Å². The van der Waals surface area contributed by atoms with Gasteiger partial charge in [0.25, 0.3) is 0 Å². The minimum absolute atomic E-state index is 0.114. The molecule has 1 unspecified atom stereocenters. The molecule has 0 spiro atoms. The highest BCUT2D eigenvalue weighted by atomic mass is 16.6. The molecule has 1 atom stereocenters. The first-order chi connectivity index (χ1) is 11.7. The van der Waals surface area contributed by atoms with Crippen molar-refractivity contribution in [2.75, 3.05) is 33.3 Å². The average Bonchev–Trinajstić information content (AvgIpc) is 3.09. The first-order valence-electron chi connectivity index (χ1n) is 7.94. The molecule has 8 heteroatoms. The third-order valence-corrected chi connectivity index (χ3v) is 4.28. The monoisotopic (exact) mass is 331 g/mol. The van der Waals surface area contributed by atoms with Crippen molar-refractivity contribution in [1.29, 1.82) is 0 Å². The van der Waals surface area contributed by atoms with Gasteiger partial charge in [-0.25, -0.2) is 0 Å². The number of hydrogen-bond donors (Lipinski definition) is 1. The maximum absolute atomic E-state index is 10.7. The fourth-order valence-corrected chi connectivity index (χ4v) is 3.07. The van der Waals surface area contributed by atoms with E-state index in [0.29, 0.717) is 6.54 Å². The van der Waals surface area contributed by atoms with Gasteiger partial charge >= 0.3 is 5.82 Å². The van der Waals surface area contributed by atoms with E-state index in [0.717, 1.165) is 37.5 Å². The van der Waals surface area contributed by atoms with Crippen LogP contribution in [-0.2, 0) is 6.54 Å². The second kappa shape index (κ2) is 7.41. The Balaban J connectivity index is 1.71. The number of aromatic nitrogens is 2. The van der Waals surface area contributed by atoms with Crippen molar-refractivity contribution in [2.45, 2.75) is 12.6 Å². The van der Waals surface area contributed by atoms with Crippen molar-refractivity contribution in [1.82, 2.24) is 20.0 Å². The van der Waals surface area contributed by atoms with E-state index in [1.54, 1.807) is 18.0 Å². The summed E-state index contributed by atoms with van der Waals surface area (Å²) in [6, 6.07) is 9.67. The molecule has 2 heterocycles. The molecular formula is C16H21N5O3. The summed E-state index contributed by atoms with van der Waals surface area (Å²) in [5.74, 6) is 0.766. The van der Waals surface area contributed by atoms with E-state index in [1.807, 2.05) is 18.2 Å². The van der Waals surface area contributed by atoms with Crippen LogP contribution in [0.5, 0.6) is 5.75 Å². The van der Waals surface area contributed by atoms with Crippen LogP contribution in [0.25, 0.3) is 0 Å². The Morgan fingerprint density at radius 2 is 2.21 bits per heavy atom. The lowest BCUT2D eigenvalue weighted by atomic mass is 10.0. The van der Waals surface area contributed by atoms with E-state index in [1.165, 1.54) is 6.07 Å². The lowest BCUT2D eigenvalue weighted by Gasteiger charge is -2.36. The maximum atomic E-state index is 10.7. The first kappa shape index (κ1) is 16.4. The zero-order chi connectivity index (χ0) is 16.9. The fourth-order valence-electron chi connectivity index (χ4n) is 3.07. The van der Waals surface area contributed by atoms with Crippen molar-refractivity contribution >= 4 is 5.82 Å². The first-order valence-corrected chi connectivity index (χ1v) is 7.94. The van der Waals surface area contributed by atoms with E-state index < -0.39 is 4.92 Å². The van der Waals surface area contributed by atoms with Crippen LogP contribution in [0.2, 0.25) is 0 Å². The van der Waals surface area contributed by atoms with Gasteiger partial charge in [-0.05, 0) is 11.0 Å². The van der Waals surface area contributed by atoms with Gasteiger partial charge in [0.05, 0.1) is 37.1 Å². The molecule has 1 fully saturated rings. The zero-order valence-electron chi connectivity index (χ0n) is 13.6. The van der Waals surface area contributed by atoms with Crippen LogP contribution in [0, 0.1) is 10.1 Å². The minimum atomic E-state index is -0.473. The Labute approximate surface area is 140 Å². The summed E-state index contributed by atoms with van der Waals surface area (Å²) in [5.41, 5.74) is 1.15. The number of hydrogen-bond acceptors (Lipinski definition) is 6. The number of nitrogens with one attached hydrogen (secondary N) is 1. The number of nitro groups is 1. The Bertz CT molecular complexity index is 703. The molecule has 1 aliphatic rings. The largest absolute Gasteiger partial charge is 0.496 e. The Morgan fingerprint density at radius 1 is 1.38 bits per heavy atom. The summed E-state index contributed by atoms with van der Waals surface area (Å²) in [6.07, 6.45) is 1.65. The number of benzene rings is 1. The maximum Gasteiger partial charge on any atom is 0.389 e. The molecule has 0 amide bonds. The van der Waals surface area contributed by atoms with Crippen LogP contribution >= 0.6 is 0 Å². The topological polar surface area (TPSA) is 85.5 Å². The van der Waals surface area contributed by atoms with Gasteiger partial charge < -0.3 is 20.2 Å². The summed E-state index contributed by atoms with van der Waals surface area (Å²) in [6.45, 7) is 4.05. The van der Waals surface area contributed by atoms with Gasteiger partial charge in [0.2, 0.25) is 0 Å². The molecule has 2 aromatic rings. The van der Waals surface area contributed by atoms with Crippen LogP contribution in [0.3, 0.4) is 0 Å². The smallest absolute Gasteiger partial charge is 0.389 e. The normalized spacial score (nSPS) is 18.5. The number of piperazine rings is 1. The molecule has 1 aromatic heterocycles. The number of para-hydroxylation sites is 1. The van der Waals surface area contributed by atoms with Crippen molar-refractivity contribution < 1.29 is 9.66 Å². The van der Waals surface area contributed by atoms with E-state index in [9.17, 15) is 10.1 Å². The van der Waals surface area contributed by atoms with Gasteiger partial charge in [-0.15, -0.1) is 0 Å². The molecule has 1 aliphatic heterocycles. The van der Waals surface area contributed by atoms with Crippen molar-refractivity contribution in [3.05, 3.63) is 52.2 Å². The molecule has 8 nitrogen and oxygen atoms in total. The molecule has 3 rings (SSSR count). The van der Waals surface area contributed by atoms with Gasteiger partial charge in [-0.1, -0.05) is 18.2 Å². The molecule has 1 N–H and O–H groups in total. The van der Waals surface area contributed by atoms with Gasteiger partial charge in [-0.2, -0.15) is 4.68 Å². The van der Waals surface area contributed by atoms with Crippen molar-refractivity contribution in [2.24, 2.45) is 0 Å². The van der Waals surface area contributed by atoms with Crippen LogP contribution in [0.15, 0.2) is 36.5 Å². The van der Waals surface area contributed by atoms with Gasteiger partial charge in [0.15, 0.2) is 0 Å². The summed E-state index contributed by atoms with van der Waals surface area (Å²) in [5, 5.41) is 18.1. The number of ether oxygens (including phenoxy) is 1. The summed E-state index contributed by atoms with van der Waals surface area (Å²) in [7, 11) is 1.68. The third kappa shape index (κ3) is 3.55. The van der Waals surface area contributed by atoms with Gasteiger partial charge in [-0.3, -0.25) is 4.90 Å². The summed E-state index contributed by atoms with van der Waals surface area (Å²) < 4.78 is 7.12. The third-order valence-electron chi connectivity index (χ3n) is 4.28. The Hall–Kier alpha value is -2.45. The lowest BCUT2D eigenvalue weighted by Crippen LogP contribution is -2.47. The molecule has 0 radical (unpaired) electrons. The molecule has 0 bridgehead atoms. The molecule has 0 aliphatic carbocycles. The minimum Gasteiger partial charge on any atom is -0.496 e. The van der Waals surface area contributed by atoms with Crippen LogP contribution < -0.4 is 10.1 Å². The highest BCUT2D eigenvalue weighted by molar-refractivity contribution is 5.36. The summed E-state index contributed by atoms with van der Waals surface area (Å²) in [4.78, 5) is 12.6. The van der Waals surface area contributed by atoms with E-state index in [2.05, 4.69) is 21.4 Å². The van der Waals surface area contributed by atoms with Crippen molar-refractivity contribution in [3.63, 3.8) is 0 Å². The number of methoxy groups -OCH3 is 1. The predicted molar refractivity (Wildman–Crippen MR) is 89.1 cm³/mol. The van der Waals surface area contributed by atoms with E-state index in [4.69, 9.17) is 4.74 Å². The molecule has 1 saturated heterocycles. The Morgan fingerprint density at radius 3 is 2.96 bits per heavy atom. The lowest BCUT2D eigenvalue weighted by molar-refractivity contribution is -0.389. The Kier molecular flexibility index (Phi) is 5.07. The average molecular weight is 331 g/mol. The highest BCUT2D eigenvalue weighted by Crippen LogP contribution is 2.29. The fraction of sp³-hybridized carbons (Fsp3) is 0.438. The molecule has 128 valence electrons. The molecule has 24 heavy (non-hydrogen) atoms. The highest BCUT2D eigenvalue weighted by Gasteiger charge is 2.26. The second-order valence-electron chi connectivity index (χ2n) is 5.69. The number of rotatable bonds is 6. The number of nitrogens with zero attached hydrogens (tertiary/aromatic N) is 4. The van der Waals surface area contributed by atoms with Crippen LogP contribution in [-0.4, -0.2) is 52.9 Å². The van der Waals surface area contributed by atoms with Crippen molar-refractivity contribution in [3.8, 4) is 5.75 Å². The van der Waals surface area contributed by atoms with Crippen LogP contribution in [0.1, 0.15) is 11.6 Å². The van der Waals surface area contributed by atoms with Gasteiger partial charge in [0.1, 0.15) is 5.75 Å². The zero-order valence-corrected chi connectivity index (χ0v) is 13.6. The van der Waals surface area contributed by atoms with Gasteiger partial charge in [0, 0.05) is 31.7 Å². The molecular weight excluding hydrogens is 310 g/mol. The van der Waals surface area contributed by atoms with Crippen LogP contribution in [0.4, 0.5) is 5.82 Å². The second-order valence-corrected chi connectivity index (χ2v) is 5.69. The quantitative estimate of drug-likeness (QED) is 0.637. The van der Waals surface area contributed by atoms with E-state index >= 15 is 0 Å². The SMILES string of the molecule is COc1ccccc1C1CNCCN1CCn1ccc([N+](=O)[O-])n1.